The summed E-state index contributed by atoms with van der Waals surface area (Å²) in [5.74, 6) is -1.30. The van der Waals surface area contributed by atoms with Gasteiger partial charge in [0.15, 0.2) is 0 Å². The molecular formula is C10H11FN2O3S. The first-order valence-electron chi connectivity index (χ1n) is 5.00. The lowest BCUT2D eigenvalue weighted by Crippen LogP contribution is -2.26. The van der Waals surface area contributed by atoms with E-state index in [0.29, 0.717) is 0 Å². The number of benzene rings is 1. The average molecular weight is 258 g/mol. The maximum atomic E-state index is 13.2. The largest absolute Gasteiger partial charge is 0.349 e. The number of rotatable bonds is 3. The molecular weight excluding hydrogens is 247 g/mol. The predicted molar refractivity (Wildman–Crippen MR) is 58.3 cm³/mol. The minimum Gasteiger partial charge on any atom is -0.349 e. The van der Waals surface area contributed by atoms with Gasteiger partial charge in [-0.1, -0.05) is 0 Å². The van der Waals surface area contributed by atoms with Gasteiger partial charge in [-0.15, -0.1) is 0 Å². The number of hydrogen-bond acceptors (Lipinski definition) is 3. The van der Waals surface area contributed by atoms with Crippen molar-refractivity contribution in [3.8, 4) is 0 Å². The van der Waals surface area contributed by atoms with E-state index in [1.807, 2.05) is 0 Å². The van der Waals surface area contributed by atoms with Crippen LogP contribution >= 0.6 is 0 Å². The van der Waals surface area contributed by atoms with Gasteiger partial charge in [0.05, 0.1) is 4.90 Å². The first kappa shape index (κ1) is 12.0. The fraction of sp³-hybridized carbons (Fsp3) is 0.300. The van der Waals surface area contributed by atoms with E-state index in [0.717, 1.165) is 31.0 Å². The molecule has 92 valence electrons. The van der Waals surface area contributed by atoms with Crippen LogP contribution < -0.4 is 10.5 Å². The van der Waals surface area contributed by atoms with E-state index in [-0.39, 0.29) is 11.6 Å². The zero-order valence-electron chi connectivity index (χ0n) is 8.81. The number of primary sulfonamides is 1. The number of amides is 1. The van der Waals surface area contributed by atoms with E-state index < -0.39 is 26.6 Å². The Bertz CT molecular complexity index is 567. The molecule has 0 saturated heterocycles. The van der Waals surface area contributed by atoms with Crippen molar-refractivity contribution in [3.05, 3.63) is 29.6 Å². The third-order valence-electron chi connectivity index (χ3n) is 2.37. The molecule has 0 bridgehead atoms. The number of halogens is 1. The lowest BCUT2D eigenvalue weighted by molar-refractivity contribution is 0.0950. The minimum absolute atomic E-state index is 0.0408. The van der Waals surface area contributed by atoms with Crippen LogP contribution in [0.25, 0.3) is 0 Å². The molecule has 17 heavy (non-hydrogen) atoms. The van der Waals surface area contributed by atoms with Crippen molar-refractivity contribution in [2.75, 3.05) is 0 Å². The molecule has 0 heterocycles. The first-order chi connectivity index (χ1) is 7.86. The Hall–Kier alpha value is -1.47. The van der Waals surface area contributed by atoms with E-state index in [9.17, 15) is 17.6 Å². The Balaban J connectivity index is 2.33. The van der Waals surface area contributed by atoms with Crippen LogP contribution in [0.1, 0.15) is 23.2 Å². The quantitative estimate of drug-likeness (QED) is 0.820. The third-order valence-corrected chi connectivity index (χ3v) is 3.27. The lowest BCUT2D eigenvalue weighted by Gasteiger charge is -2.05. The van der Waals surface area contributed by atoms with Gasteiger partial charge < -0.3 is 5.32 Å². The van der Waals surface area contributed by atoms with Crippen molar-refractivity contribution in [2.24, 2.45) is 5.14 Å². The molecule has 1 amide bonds. The van der Waals surface area contributed by atoms with Crippen molar-refractivity contribution in [1.29, 1.82) is 0 Å². The fourth-order valence-corrected chi connectivity index (χ4v) is 1.92. The second-order valence-corrected chi connectivity index (χ2v) is 5.53. The standard InChI is InChI=1S/C10H11FN2O3S/c11-7-3-6(10(14)13-8-1-2-8)4-9(5-7)17(12,15)16/h3-5,8H,1-2H2,(H,13,14)(H2,12,15,16). The van der Waals surface area contributed by atoms with Crippen LogP contribution in [0.3, 0.4) is 0 Å². The summed E-state index contributed by atoms with van der Waals surface area (Å²) in [5.41, 5.74) is -0.0408. The maximum Gasteiger partial charge on any atom is 0.251 e. The van der Waals surface area contributed by atoms with Gasteiger partial charge in [-0.3, -0.25) is 4.79 Å². The van der Waals surface area contributed by atoms with E-state index in [1.54, 1.807) is 0 Å². The molecule has 1 aromatic carbocycles. The van der Waals surface area contributed by atoms with Gasteiger partial charge in [0, 0.05) is 11.6 Å². The van der Waals surface area contributed by atoms with Crippen LogP contribution in [0.4, 0.5) is 4.39 Å². The molecule has 0 aliphatic heterocycles. The molecule has 0 spiro atoms. The topological polar surface area (TPSA) is 89.3 Å². The zero-order valence-corrected chi connectivity index (χ0v) is 9.63. The molecule has 0 radical (unpaired) electrons. The van der Waals surface area contributed by atoms with E-state index in [2.05, 4.69) is 5.32 Å². The number of nitrogens with two attached hydrogens (primary N) is 1. The van der Waals surface area contributed by atoms with Gasteiger partial charge in [0.25, 0.3) is 5.91 Å². The van der Waals surface area contributed by atoms with Gasteiger partial charge in [-0.2, -0.15) is 0 Å². The number of hydrogen-bond donors (Lipinski definition) is 2. The Kier molecular flexibility index (Phi) is 2.88. The Morgan fingerprint density at radius 1 is 1.35 bits per heavy atom. The van der Waals surface area contributed by atoms with E-state index >= 15 is 0 Å². The van der Waals surface area contributed by atoms with Crippen LogP contribution in [0, 0.1) is 5.82 Å². The zero-order chi connectivity index (χ0) is 12.6. The normalized spacial score (nSPS) is 15.6. The van der Waals surface area contributed by atoms with Crippen LogP contribution in [-0.4, -0.2) is 20.4 Å². The Morgan fingerprint density at radius 2 is 2.00 bits per heavy atom. The third kappa shape index (κ3) is 3.01. The molecule has 1 aliphatic carbocycles. The van der Waals surface area contributed by atoms with Crippen molar-refractivity contribution < 1.29 is 17.6 Å². The summed E-state index contributed by atoms with van der Waals surface area (Å²) in [6, 6.07) is 2.94. The molecule has 0 unspecified atom stereocenters. The van der Waals surface area contributed by atoms with Gasteiger partial charge in [0.2, 0.25) is 10.0 Å². The molecule has 1 fully saturated rings. The molecule has 1 aliphatic rings. The molecule has 2 rings (SSSR count). The highest BCUT2D eigenvalue weighted by molar-refractivity contribution is 7.89. The van der Waals surface area contributed by atoms with Crippen molar-refractivity contribution >= 4 is 15.9 Å². The summed E-state index contributed by atoms with van der Waals surface area (Å²) < 4.78 is 35.3. The van der Waals surface area contributed by atoms with Gasteiger partial charge in [0.1, 0.15) is 5.82 Å². The number of nitrogens with one attached hydrogen (secondary N) is 1. The lowest BCUT2D eigenvalue weighted by atomic mass is 10.2. The van der Waals surface area contributed by atoms with Crippen molar-refractivity contribution in [1.82, 2.24) is 5.32 Å². The highest BCUT2D eigenvalue weighted by Gasteiger charge is 2.24. The molecule has 1 aromatic rings. The van der Waals surface area contributed by atoms with Crippen LogP contribution in [-0.2, 0) is 10.0 Å². The van der Waals surface area contributed by atoms with Gasteiger partial charge in [-0.05, 0) is 31.0 Å². The summed E-state index contributed by atoms with van der Waals surface area (Å²) in [7, 11) is -4.01. The number of carbonyl (C=O) groups is 1. The highest BCUT2D eigenvalue weighted by Crippen LogP contribution is 2.20. The summed E-state index contributed by atoms with van der Waals surface area (Å²) in [5, 5.41) is 7.52. The molecule has 1 saturated carbocycles. The summed E-state index contributed by atoms with van der Waals surface area (Å²) >= 11 is 0. The Morgan fingerprint density at radius 3 is 2.53 bits per heavy atom. The number of carbonyl (C=O) groups excluding carboxylic acids is 1. The fourth-order valence-electron chi connectivity index (χ4n) is 1.35. The van der Waals surface area contributed by atoms with E-state index in [1.165, 1.54) is 0 Å². The maximum absolute atomic E-state index is 13.2. The second kappa shape index (κ2) is 4.08. The molecule has 0 aromatic heterocycles. The monoisotopic (exact) mass is 258 g/mol. The van der Waals surface area contributed by atoms with Crippen LogP contribution in [0.15, 0.2) is 23.1 Å². The summed E-state index contributed by atoms with van der Waals surface area (Å²) in [6.07, 6.45) is 1.78. The van der Waals surface area contributed by atoms with Crippen molar-refractivity contribution in [2.45, 2.75) is 23.8 Å². The van der Waals surface area contributed by atoms with Crippen LogP contribution in [0.5, 0.6) is 0 Å². The van der Waals surface area contributed by atoms with Crippen molar-refractivity contribution in [3.63, 3.8) is 0 Å². The average Bonchev–Trinajstić information content (AvgIpc) is 2.99. The smallest absolute Gasteiger partial charge is 0.251 e. The highest BCUT2D eigenvalue weighted by atomic mass is 32.2. The number of sulfonamides is 1. The Labute approximate surface area is 97.9 Å². The molecule has 7 heteroatoms. The SMILES string of the molecule is NS(=O)(=O)c1cc(F)cc(C(=O)NC2CC2)c1. The minimum atomic E-state index is -4.01. The first-order valence-corrected chi connectivity index (χ1v) is 6.55. The van der Waals surface area contributed by atoms with E-state index in [4.69, 9.17) is 5.14 Å². The molecule has 5 nitrogen and oxygen atoms in total. The molecule has 0 atom stereocenters. The summed E-state index contributed by atoms with van der Waals surface area (Å²) in [6.45, 7) is 0. The summed E-state index contributed by atoms with van der Waals surface area (Å²) in [4.78, 5) is 11.2. The van der Waals surface area contributed by atoms with Gasteiger partial charge >= 0.3 is 0 Å². The second-order valence-electron chi connectivity index (χ2n) is 3.97. The van der Waals surface area contributed by atoms with Gasteiger partial charge in [-0.25, -0.2) is 17.9 Å². The predicted octanol–water partition coefficient (Wildman–Crippen LogP) is 0.365. The molecule has 3 N–H and O–H groups in total. The van der Waals surface area contributed by atoms with Crippen LogP contribution in [0.2, 0.25) is 0 Å².